The lowest BCUT2D eigenvalue weighted by Crippen LogP contribution is -2.15. The largest absolute Gasteiger partial charge is 0.396 e. The summed E-state index contributed by atoms with van der Waals surface area (Å²) in [7, 11) is 0. The lowest BCUT2D eigenvalue weighted by Gasteiger charge is -2.23. The number of aromatic nitrogens is 2. The molecule has 1 atom stereocenters. The van der Waals surface area contributed by atoms with Gasteiger partial charge in [-0.1, -0.05) is 24.3 Å². The van der Waals surface area contributed by atoms with Gasteiger partial charge in [-0.25, -0.2) is 9.97 Å². The average Bonchev–Trinajstić information content (AvgIpc) is 2.39. The average molecular weight is 225 g/mol. The van der Waals surface area contributed by atoms with Gasteiger partial charge in [-0.05, 0) is 30.4 Å². The molecule has 1 aliphatic rings. The van der Waals surface area contributed by atoms with E-state index in [1.807, 2.05) is 0 Å². The summed E-state index contributed by atoms with van der Waals surface area (Å²) in [5.74, 6) is 1.36. The number of anilines is 1. The molecule has 0 saturated carbocycles. The van der Waals surface area contributed by atoms with Crippen LogP contribution in [0.15, 0.2) is 36.7 Å². The minimum absolute atomic E-state index is 0.436. The van der Waals surface area contributed by atoms with Gasteiger partial charge in [-0.3, -0.25) is 0 Å². The van der Waals surface area contributed by atoms with Crippen molar-refractivity contribution in [3.8, 4) is 0 Å². The zero-order chi connectivity index (χ0) is 11.7. The van der Waals surface area contributed by atoms with Crippen LogP contribution in [0, 0.1) is 0 Å². The van der Waals surface area contributed by atoms with Crippen LogP contribution in [-0.4, -0.2) is 9.97 Å². The Morgan fingerprint density at radius 3 is 2.53 bits per heavy atom. The number of nitrogens with zero attached hydrogens (tertiary/aromatic N) is 2. The standard InChI is InChI=1S/C14H15N3/c15-13-8-16-14(17-9-13)12-6-5-10-3-1-2-4-11(10)7-12/h1-4,8-9,12H,5-7,15H2. The monoisotopic (exact) mass is 225 g/mol. The Hall–Kier alpha value is -1.90. The van der Waals surface area contributed by atoms with Gasteiger partial charge >= 0.3 is 0 Å². The minimum Gasteiger partial charge on any atom is -0.396 e. The van der Waals surface area contributed by atoms with Crippen molar-refractivity contribution in [2.24, 2.45) is 0 Å². The molecule has 2 N–H and O–H groups in total. The van der Waals surface area contributed by atoms with Crippen molar-refractivity contribution in [1.82, 2.24) is 9.97 Å². The molecule has 0 aliphatic heterocycles. The molecule has 1 aliphatic carbocycles. The Morgan fingerprint density at radius 2 is 1.76 bits per heavy atom. The second kappa shape index (κ2) is 4.17. The fourth-order valence-corrected chi connectivity index (χ4v) is 2.48. The Balaban J connectivity index is 1.86. The first-order valence-corrected chi connectivity index (χ1v) is 5.97. The molecule has 1 unspecified atom stereocenters. The van der Waals surface area contributed by atoms with Crippen LogP contribution < -0.4 is 5.73 Å². The summed E-state index contributed by atoms with van der Waals surface area (Å²) in [6.45, 7) is 0. The highest BCUT2D eigenvalue weighted by Crippen LogP contribution is 2.30. The highest BCUT2D eigenvalue weighted by molar-refractivity contribution is 5.33. The van der Waals surface area contributed by atoms with Gasteiger partial charge < -0.3 is 5.73 Å². The maximum Gasteiger partial charge on any atom is 0.131 e. The van der Waals surface area contributed by atoms with E-state index in [0.29, 0.717) is 11.6 Å². The summed E-state index contributed by atoms with van der Waals surface area (Å²) in [6.07, 6.45) is 6.68. The van der Waals surface area contributed by atoms with Gasteiger partial charge in [0.25, 0.3) is 0 Å². The van der Waals surface area contributed by atoms with E-state index in [1.54, 1.807) is 12.4 Å². The van der Waals surface area contributed by atoms with Crippen LogP contribution in [0.25, 0.3) is 0 Å². The van der Waals surface area contributed by atoms with Crippen LogP contribution in [0.1, 0.15) is 29.3 Å². The fourth-order valence-electron chi connectivity index (χ4n) is 2.48. The van der Waals surface area contributed by atoms with Crippen molar-refractivity contribution in [3.05, 3.63) is 53.6 Å². The van der Waals surface area contributed by atoms with E-state index >= 15 is 0 Å². The first-order valence-electron chi connectivity index (χ1n) is 5.97. The summed E-state index contributed by atoms with van der Waals surface area (Å²) >= 11 is 0. The highest BCUT2D eigenvalue weighted by Gasteiger charge is 2.21. The molecule has 3 heteroatoms. The molecule has 2 aromatic rings. The molecule has 0 bridgehead atoms. The third-order valence-corrected chi connectivity index (χ3v) is 3.40. The summed E-state index contributed by atoms with van der Waals surface area (Å²) in [4.78, 5) is 8.68. The van der Waals surface area contributed by atoms with Crippen LogP contribution in [0.3, 0.4) is 0 Å². The molecule has 1 heterocycles. The summed E-state index contributed by atoms with van der Waals surface area (Å²) in [5, 5.41) is 0. The van der Waals surface area contributed by atoms with Crippen molar-refractivity contribution in [2.75, 3.05) is 5.73 Å². The van der Waals surface area contributed by atoms with E-state index in [1.165, 1.54) is 11.1 Å². The van der Waals surface area contributed by atoms with Gasteiger partial charge in [-0.2, -0.15) is 0 Å². The molecule has 86 valence electrons. The number of benzene rings is 1. The molecule has 0 fully saturated rings. The number of nitrogen functional groups attached to an aromatic ring is 1. The zero-order valence-corrected chi connectivity index (χ0v) is 9.63. The SMILES string of the molecule is Nc1cnc(C2CCc3ccccc3C2)nc1. The van der Waals surface area contributed by atoms with Crippen molar-refractivity contribution in [2.45, 2.75) is 25.2 Å². The summed E-state index contributed by atoms with van der Waals surface area (Å²) < 4.78 is 0. The summed E-state index contributed by atoms with van der Waals surface area (Å²) in [5.41, 5.74) is 9.14. The Kier molecular flexibility index (Phi) is 2.52. The molecular weight excluding hydrogens is 210 g/mol. The molecular formula is C14H15N3. The van der Waals surface area contributed by atoms with E-state index < -0.39 is 0 Å². The van der Waals surface area contributed by atoms with E-state index in [9.17, 15) is 0 Å². The molecule has 3 nitrogen and oxygen atoms in total. The first kappa shape index (κ1) is 10.3. The third-order valence-electron chi connectivity index (χ3n) is 3.40. The van der Waals surface area contributed by atoms with Crippen molar-refractivity contribution < 1.29 is 0 Å². The third kappa shape index (κ3) is 2.00. The Labute approximate surface area is 101 Å². The van der Waals surface area contributed by atoms with E-state index in [4.69, 9.17) is 5.73 Å². The number of nitrogens with two attached hydrogens (primary N) is 1. The molecule has 0 radical (unpaired) electrons. The van der Waals surface area contributed by atoms with Crippen molar-refractivity contribution in [3.63, 3.8) is 0 Å². The number of aryl methyl sites for hydroxylation is 1. The molecule has 0 amide bonds. The van der Waals surface area contributed by atoms with E-state index in [2.05, 4.69) is 34.2 Å². The normalized spacial score (nSPS) is 18.7. The van der Waals surface area contributed by atoms with Gasteiger partial charge in [0.2, 0.25) is 0 Å². The number of rotatable bonds is 1. The van der Waals surface area contributed by atoms with Crippen molar-refractivity contribution in [1.29, 1.82) is 0 Å². The number of fused-ring (bicyclic) bond motifs is 1. The minimum atomic E-state index is 0.436. The maximum absolute atomic E-state index is 5.61. The van der Waals surface area contributed by atoms with Gasteiger partial charge in [0.15, 0.2) is 0 Å². The Bertz CT molecular complexity index is 519. The first-order chi connectivity index (χ1) is 8.33. The molecule has 0 saturated heterocycles. The van der Waals surface area contributed by atoms with E-state index in [-0.39, 0.29) is 0 Å². The maximum atomic E-state index is 5.61. The quantitative estimate of drug-likeness (QED) is 0.810. The number of hydrogen-bond acceptors (Lipinski definition) is 3. The zero-order valence-electron chi connectivity index (χ0n) is 9.63. The molecule has 1 aromatic carbocycles. The highest BCUT2D eigenvalue weighted by atomic mass is 14.9. The predicted molar refractivity (Wildman–Crippen MR) is 67.7 cm³/mol. The molecule has 3 rings (SSSR count). The van der Waals surface area contributed by atoms with Gasteiger partial charge in [-0.15, -0.1) is 0 Å². The number of hydrogen-bond donors (Lipinski definition) is 1. The van der Waals surface area contributed by atoms with Crippen LogP contribution in [0.5, 0.6) is 0 Å². The van der Waals surface area contributed by atoms with Crippen molar-refractivity contribution >= 4 is 5.69 Å². The molecule has 1 aromatic heterocycles. The molecule has 0 spiro atoms. The lowest BCUT2D eigenvalue weighted by molar-refractivity contribution is 0.555. The molecule has 17 heavy (non-hydrogen) atoms. The van der Waals surface area contributed by atoms with E-state index in [0.717, 1.165) is 25.1 Å². The predicted octanol–water partition coefficient (Wildman–Crippen LogP) is 2.33. The topological polar surface area (TPSA) is 51.8 Å². The van der Waals surface area contributed by atoms with Gasteiger partial charge in [0.1, 0.15) is 5.82 Å². The fraction of sp³-hybridized carbons (Fsp3) is 0.286. The van der Waals surface area contributed by atoms with Crippen LogP contribution in [0.4, 0.5) is 5.69 Å². The Morgan fingerprint density at radius 1 is 1.06 bits per heavy atom. The lowest BCUT2D eigenvalue weighted by atomic mass is 9.83. The van der Waals surface area contributed by atoms with Crippen LogP contribution >= 0.6 is 0 Å². The van der Waals surface area contributed by atoms with Crippen LogP contribution in [-0.2, 0) is 12.8 Å². The smallest absolute Gasteiger partial charge is 0.131 e. The second-order valence-electron chi connectivity index (χ2n) is 4.58. The van der Waals surface area contributed by atoms with Gasteiger partial charge in [0, 0.05) is 5.92 Å². The second-order valence-corrected chi connectivity index (χ2v) is 4.58. The van der Waals surface area contributed by atoms with Gasteiger partial charge in [0.05, 0.1) is 18.1 Å². The van der Waals surface area contributed by atoms with Crippen LogP contribution in [0.2, 0.25) is 0 Å². The summed E-state index contributed by atoms with van der Waals surface area (Å²) in [6, 6.07) is 8.64.